The molecule has 4 aliphatic rings. The first-order valence-corrected chi connectivity index (χ1v) is 32.8. The monoisotopic (exact) mass is 1570 g/mol. The normalized spacial score (nSPS) is 32.3. The number of aryl methyl sites for hydroxylation is 4. The lowest BCUT2D eigenvalue weighted by atomic mass is 10.1. The summed E-state index contributed by atoms with van der Waals surface area (Å²) < 4.78 is 149. The Morgan fingerprint density at radius 1 is 0.442 bits per heavy atom. The number of aliphatic hydroxyl groups excluding tert-OH is 8. The standard InChI is InChI=1S/4C15H22FN3O6S/c4*1-6(2)8(17)13(23)24-5-15(16)10(21)9(20)12(25-15)19-4-7(3)11(22)18-14(19)26/h4*4,6,8-10,12,20-21H,5,17H2,1-3H3,(H,18,22,26)/t4*8-,9+,10-,12+,15+/m0000/s1/i5D2,12D;12D;5D2;. The van der Waals surface area contributed by atoms with Crippen molar-refractivity contribution in [1.82, 2.24) is 38.2 Å². The summed E-state index contributed by atoms with van der Waals surface area (Å²) in [5, 5.41) is 81.3. The lowest BCUT2D eigenvalue weighted by Gasteiger charge is -2.24. The fraction of sp³-hybridized carbons (Fsp3) is 0.667. The number of carbonyl (C=O) groups is 4. The number of halogens is 4. The number of nitrogens with one attached hydrogen (secondary N) is 4. The van der Waals surface area contributed by atoms with E-state index in [-0.39, 0.29) is 48.4 Å². The smallest absolute Gasteiger partial charge is 0.323 e. The number of nitrogens with two attached hydrogens (primary N) is 4. The van der Waals surface area contributed by atoms with Crippen molar-refractivity contribution in [2.24, 2.45) is 46.6 Å². The van der Waals surface area contributed by atoms with Gasteiger partial charge in [0.1, 0.15) is 73.0 Å². The number of aromatic amines is 4. The summed E-state index contributed by atoms with van der Waals surface area (Å²) in [6.45, 7) is 9.41. The SMILES string of the molecule is Cc1cn([C@@H]2O[C@](F)(COC(=O)[C@@H](N)C(C)C)[C@@H](O)[C@H]2O)c(=S)[nH]c1=O.[2H]C([2H])(OC(=O)[C@@H](N)C(C)C)[C@@]1(F)O[C@@H](n2cc(C)c(=O)[nH]c2=S)[C@H](O)[C@@H]1O.[2H]C([2H])(OC(=O)[C@@H](N)C(C)C)[C@@]1(F)O[C@@]([2H])(n2cc(C)c(=O)[nH]c2=S)[C@H](O)[C@@H]1O.[2H][C@@]1(n2cc(C)c(=O)[nH]c2=S)O[C@](F)(COC(=O)[C@@H](N)C(C)C)[C@@H](O)[C@H]1O. The number of rotatable bonds is 20. The molecule has 0 saturated carbocycles. The molecule has 0 aromatic carbocycles. The highest BCUT2D eigenvalue weighted by atomic mass is 32.1. The summed E-state index contributed by atoms with van der Waals surface area (Å²) in [5.41, 5.74) is 20.8. The van der Waals surface area contributed by atoms with Gasteiger partial charge in [0, 0.05) is 47.0 Å². The molecule has 584 valence electrons. The van der Waals surface area contributed by atoms with Crippen LogP contribution in [0.25, 0.3) is 0 Å². The van der Waals surface area contributed by atoms with E-state index in [9.17, 15) is 83.6 Å². The Labute approximate surface area is 617 Å². The summed E-state index contributed by atoms with van der Waals surface area (Å²) in [7, 11) is 0. The molecule has 104 heavy (non-hydrogen) atoms. The van der Waals surface area contributed by atoms with Crippen molar-refractivity contribution in [1.29, 1.82) is 0 Å². The van der Waals surface area contributed by atoms with E-state index in [1.807, 2.05) is 0 Å². The van der Waals surface area contributed by atoms with Crippen molar-refractivity contribution in [3.05, 3.63) is 108 Å². The molecule has 0 radical (unpaired) electrons. The van der Waals surface area contributed by atoms with Crippen LogP contribution in [0.15, 0.2) is 44.0 Å². The van der Waals surface area contributed by atoms with Crippen LogP contribution in [0.4, 0.5) is 17.6 Å². The zero-order valence-corrected chi connectivity index (χ0v) is 60.7. The number of carbonyl (C=O) groups excluding carboxylic acids is 4. The zero-order valence-electron chi connectivity index (χ0n) is 63.5. The van der Waals surface area contributed by atoms with E-state index in [1.165, 1.54) is 33.9 Å². The Kier molecular flexibility index (Phi) is 26.7. The van der Waals surface area contributed by atoms with E-state index in [0.717, 1.165) is 32.3 Å². The van der Waals surface area contributed by atoms with Crippen LogP contribution in [0.5, 0.6) is 0 Å². The minimum atomic E-state index is -3.86. The largest absolute Gasteiger partial charge is 0.458 e. The highest BCUT2D eigenvalue weighted by Crippen LogP contribution is 2.43. The fourth-order valence-electron chi connectivity index (χ4n) is 8.95. The maximum Gasteiger partial charge on any atom is 0.323 e. The second kappa shape index (κ2) is 35.4. The Balaban J connectivity index is 0.000000263. The summed E-state index contributed by atoms with van der Waals surface area (Å²) in [4.78, 5) is 103. The molecular weight excluding hydrogens is 1480 g/mol. The van der Waals surface area contributed by atoms with Gasteiger partial charge in [-0.25, -0.2) is 17.6 Å². The van der Waals surface area contributed by atoms with Gasteiger partial charge in [0.2, 0.25) is 0 Å². The molecule has 4 aromatic rings. The minimum Gasteiger partial charge on any atom is -0.458 e. The van der Waals surface area contributed by atoms with Gasteiger partial charge in [0.25, 0.3) is 45.7 Å². The first-order chi connectivity index (χ1) is 50.1. The van der Waals surface area contributed by atoms with Gasteiger partial charge in [-0.1, -0.05) is 55.4 Å². The average Bonchev–Trinajstić information content (AvgIpc) is 1.57. The third-order valence-electron chi connectivity index (χ3n) is 16.0. The molecule has 20 N–H and O–H groups in total. The van der Waals surface area contributed by atoms with Crippen LogP contribution in [0.2, 0.25) is 0 Å². The van der Waals surface area contributed by atoms with Crippen LogP contribution in [-0.2, 0) is 57.1 Å². The van der Waals surface area contributed by atoms with Crippen LogP contribution in [0.1, 0.15) is 111 Å². The molecule has 0 spiro atoms. The molecule has 36 nitrogen and oxygen atoms in total. The van der Waals surface area contributed by atoms with Crippen LogP contribution in [0.3, 0.4) is 0 Å². The van der Waals surface area contributed by atoms with E-state index in [1.54, 1.807) is 55.4 Å². The number of ether oxygens (including phenoxy) is 8. The maximum atomic E-state index is 15.5. The highest BCUT2D eigenvalue weighted by Gasteiger charge is 2.61. The number of hydrogen-bond acceptors (Lipinski definition) is 32. The molecule has 0 unspecified atom stereocenters. The van der Waals surface area contributed by atoms with Gasteiger partial charge in [0.15, 0.2) is 70.3 Å². The fourth-order valence-corrected chi connectivity index (χ4v) is 9.92. The second-order valence-electron chi connectivity index (χ2n) is 25.6. The number of alkyl halides is 4. The van der Waals surface area contributed by atoms with Crippen LogP contribution in [-0.4, -0.2) is 226 Å². The number of esters is 4. The second-order valence-corrected chi connectivity index (χ2v) is 27.1. The summed E-state index contributed by atoms with van der Waals surface area (Å²) in [5.74, 6) is -19.2. The lowest BCUT2D eigenvalue weighted by Crippen LogP contribution is -2.46. The van der Waals surface area contributed by atoms with Crippen molar-refractivity contribution in [3.8, 4) is 0 Å². The molecule has 0 bridgehead atoms. The Hall–Kier alpha value is -6.64. The van der Waals surface area contributed by atoms with Crippen LogP contribution >= 0.6 is 48.9 Å². The van der Waals surface area contributed by atoms with E-state index < -0.39 is 210 Å². The molecule has 4 fully saturated rings. The predicted octanol–water partition coefficient (Wildman–Crippen LogP) is -1.37. The Morgan fingerprint density at radius 3 is 0.971 bits per heavy atom. The lowest BCUT2D eigenvalue weighted by molar-refractivity contribution is -0.217. The van der Waals surface area contributed by atoms with E-state index in [4.69, 9.17) is 108 Å². The third kappa shape index (κ3) is 20.1. The number of aliphatic hydroxyl groups is 8. The summed E-state index contributed by atoms with van der Waals surface area (Å²) >= 11 is 19.8. The molecule has 44 heteroatoms. The summed E-state index contributed by atoms with van der Waals surface area (Å²) in [6, 6.07) is -4.52. The third-order valence-corrected chi connectivity index (χ3v) is 17.3. The zero-order chi connectivity index (χ0) is 84.7. The topological polar surface area (TPSA) is 559 Å². The number of nitrogens with zero attached hydrogens (tertiary/aromatic N) is 4. The van der Waals surface area contributed by atoms with Crippen molar-refractivity contribution in [2.45, 2.75) is 204 Å². The van der Waals surface area contributed by atoms with E-state index in [0.29, 0.717) is 4.57 Å². The molecule has 4 aromatic heterocycles. The maximum absolute atomic E-state index is 15.5. The minimum absolute atomic E-state index is 0.0178. The molecule has 8 rings (SSSR count). The van der Waals surface area contributed by atoms with Gasteiger partial charge in [-0.05, 0) is 100 Å². The Morgan fingerprint density at radius 2 is 0.663 bits per heavy atom. The van der Waals surface area contributed by atoms with E-state index in [2.05, 4.69) is 29.4 Å². The van der Waals surface area contributed by atoms with Crippen LogP contribution < -0.4 is 45.2 Å². The number of H-pyrrole nitrogens is 4. The molecule has 0 aliphatic carbocycles. The van der Waals surface area contributed by atoms with Gasteiger partial charge in [-0.3, -0.25) is 76.6 Å². The van der Waals surface area contributed by atoms with Gasteiger partial charge < -0.3 is 102 Å². The van der Waals surface area contributed by atoms with Gasteiger partial charge in [-0.2, -0.15) is 0 Å². The van der Waals surface area contributed by atoms with Crippen LogP contribution in [0, 0.1) is 70.5 Å². The van der Waals surface area contributed by atoms with E-state index >= 15 is 13.2 Å². The van der Waals surface area contributed by atoms with Gasteiger partial charge in [0.05, 0.1) is 8.22 Å². The first-order valence-electron chi connectivity index (χ1n) is 34.2. The molecule has 20 atom stereocenters. The summed E-state index contributed by atoms with van der Waals surface area (Å²) in [6.07, 6.45) is -21.6. The molecule has 4 aliphatic heterocycles. The number of hydrogen-bond donors (Lipinski definition) is 16. The molecule has 0 amide bonds. The van der Waals surface area contributed by atoms with Gasteiger partial charge in [-0.15, -0.1) is 0 Å². The molecule has 4 saturated heterocycles. The van der Waals surface area contributed by atoms with Crippen molar-refractivity contribution >= 4 is 72.7 Å². The molecule has 8 heterocycles. The average molecular weight is 1570 g/mol. The number of aromatic nitrogens is 8. The Bertz CT molecular complexity index is 4570. The quantitative estimate of drug-likeness (QED) is 0.0210. The van der Waals surface area contributed by atoms with Crippen molar-refractivity contribution in [2.75, 3.05) is 26.3 Å². The predicted molar refractivity (Wildman–Crippen MR) is 361 cm³/mol. The first kappa shape index (κ1) is 78.4. The van der Waals surface area contributed by atoms with Gasteiger partial charge >= 0.3 is 23.9 Å². The van der Waals surface area contributed by atoms with Crippen molar-refractivity contribution in [3.63, 3.8) is 0 Å². The van der Waals surface area contributed by atoms with Crippen molar-refractivity contribution < 1.29 is 124 Å². The highest BCUT2D eigenvalue weighted by molar-refractivity contribution is 7.71. The molecular formula is C60H88F4N12O24S4.